The number of rotatable bonds is 5. The summed E-state index contributed by atoms with van der Waals surface area (Å²) in [5.74, 6) is 1.64. The monoisotopic (exact) mass is 280 g/mol. The van der Waals surface area contributed by atoms with E-state index >= 15 is 0 Å². The topological polar surface area (TPSA) is 15.3 Å². The van der Waals surface area contributed by atoms with Gasteiger partial charge in [0, 0.05) is 25.2 Å². The molecular weight excluding hydrogens is 244 g/mol. The maximum atomic E-state index is 3.83. The fraction of sp³-hybridized carbons (Fsp3) is 1.00. The third-order valence-corrected chi connectivity index (χ3v) is 4.87. The fourth-order valence-corrected chi connectivity index (χ4v) is 3.85. The van der Waals surface area contributed by atoms with Gasteiger partial charge in [-0.25, -0.2) is 0 Å². The number of nitrogens with one attached hydrogen (secondary N) is 1. The number of piperidine rings is 1. The van der Waals surface area contributed by atoms with Gasteiger partial charge in [-0.1, -0.05) is 41.0 Å². The van der Waals surface area contributed by atoms with Gasteiger partial charge in [0.05, 0.1) is 0 Å². The SMILES string of the molecule is CC(C)CNC1CC(CC(C)(C)C)CN(C2CCC2)C1. The lowest BCUT2D eigenvalue weighted by atomic mass is 9.78. The maximum Gasteiger partial charge on any atom is 0.0198 e. The van der Waals surface area contributed by atoms with Crippen molar-refractivity contribution in [1.29, 1.82) is 0 Å². The van der Waals surface area contributed by atoms with Gasteiger partial charge < -0.3 is 5.32 Å². The Balaban J connectivity index is 1.91. The van der Waals surface area contributed by atoms with Crippen LogP contribution in [-0.4, -0.2) is 36.6 Å². The van der Waals surface area contributed by atoms with E-state index in [9.17, 15) is 0 Å². The van der Waals surface area contributed by atoms with Gasteiger partial charge in [-0.2, -0.15) is 0 Å². The molecule has 0 amide bonds. The first-order valence-corrected chi connectivity index (χ1v) is 8.81. The molecule has 20 heavy (non-hydrogen) atoms. The molecule has 2 heteroatoms. The third kappa shape index (κ3) is 5.04. The van der Waals surface area contributed by atoms with E-state index in [2.05, 4.69) is 44.8 Å². The van der Waals surface area contributed by atoms with Gasteiger partial charge in [-0.05, 0) is 49.5 Å². The van der Waals surface area contributed by atoms with E-state index in [1.807, 2.05) is 0 Å². The van der Waals surface area contributed by atoms with E-state index in [-0.39, 0.29) is 0 Å². The number of nitrogens with zero attached hydrogens (tertiary/aromatic N) is 1. The van der Waals surface area contributed by atoms with Crippen LogP contribution in [0.4, 0.5) is 0 Å². The molecule has 2 fully saturated rings. The summed E-state index contributed by atoms with van der Waals surface area (Å²) in [6.07, 6.45) is 7.09. The highest BCUT2D eigenvalue weighted by atomic mass is 15.2. The molecule has 1 saturated carbocycles. The van der Waals surface area contributed by atoms with Gasteiger partial charge in [0.15, 0.2) is 0 Å². The van der Waals surface area contributed by atoms with Gasteiger partial charge in [0.25, 0.3) is 0 Å². The molecule has 1 saturated heterocycles. The Labute approximate surface area is 126 Å². The van der Waals surface area contributed by atoms with Crippen LogP contribution in [0.3, 0.4) is 0 Å². The summed E-state index contributed by atoms with van der Waals surface area (Å²) in [5, 5.41) is 3.83. The van der Waals surface area contributed by atoms with Crippen LogP contribution >= 0.6 is 0 Å². The highest BCUT2D eigenvalue weighted by molar-refractivity contribution is 4.91. The molecular formula is C18H36N2. The molecule has 2 nitrogen and oxygen atoms in total. The summed E-state index contributed by atoms with van der Waals surface area (Å²) in [6.45, 7) is 15.6. The molecule has 2 rings (SSSR count). The average Bonchev–Trinajstić information content (AvgIpc) is 2.21. The molecule has 2 unspecified atom stereocenters. The minimum atomic E-state index is 0.468. The zero-order chi connectivity index (χ0) is 14.8. The van der Waals surface area contributed by atoms with Gasteiger partial charge in [0.2, 0.25) is 0 Å². The first-order valence-electron chi connectivity index (χ1n) is 8.81. The van der Waals surface area contributed by atoms with E-state index < -0.39 is 0 Å². The van der Waals surface area contributed by atoms with Crippen molar-refractivity contribution in [3.8, 4) is 0 Å². The van der Waals surface area contributed by atoms with Crippen molar-refractivity contribution in [1.82, 2.24) is 10.2 Å². The van der Waals surface area contributed by atoms with Crippen molar-refractivity contribution in [3.63, 3.8) is 0 Å². The van der Waals surface area contributed by atoms with Crippen LogP contribution in [0.1, 0.15) is 66.7 Å². The van der Waals surface area contributed by atoms with Gasteiger partial charge in [0.1, 0.15) is 0 Å². The minimum Gasteiger partial charge on any atom is -0.312 e. The predicted octanol–water partition coefficient (Wildman–Crippen LogP) is 3.91. The summed E-state index contributed by atoms with van der Waals surface area (Å²) in [5.41, 5.74) is 0.468. The number of hydrogen-bond acceptors (Lipinski definition) is 2. The Hall–Kier alpha value is -0.0800. The van der Waals surface area contributed by atoms with Crippen LogP contribution < -0.4 is 5.32 Å². The lowest BCUT2D eigenvalue weighted by Crippen LogP contribution is -2.55. The smallest absolute Gasteiger partial charge is 0.0198 e. The van der Waals surface area contributed by atoms with Crippen LogP contribution in [0, 0.1) is 17.3 Å². The lowest BCUT2D eigenvalue weighted by Gasteiger charge is -2.46. The molecule has 1 heterocycles. The Bertz CT molecular complexity index is 288. The molecule has 0 bridgehead atoms. The summed E-state index contributed by atoms with van der Waals surface area (Å²) in [6, 6.07) is 1.63. The second-order valence-corrected chi connectivity index (χ2v) is 8.90. The van der Waals surface area contributed by atoms with Crippen LogP contribution in [0.2, 0.25) is 0 Å². The molecule has 1 aliphatic heterocycles. The van der Waals surface area contributed by atoms with E-state index in [0.717, 1.165) is 23.9 Å². The van der Waals surface area contributed by atoms with E-state index in [0.29, 0.717) is 5.41 Å². The van der Waals surface area contributed by atoms with E-state index in [4.69, 9.17) is 0 Å². The number of likely N-dealkylation sites (tertiary alicyclic amines) is 1. The van der Waals surface area contributed by atoms with Crippen LogP contribution in [0.25, 0.3) is 0 Å². The first kappa shape index (κ1) is 16.3. The summed E-state index contributed by atoms with van der Waals surface area (Å²) >= 11 is 0. The molecule has 1 aliphatic carbocycles. The Morgan fingerprint density at radius 2 is 1.85 bits per heavy atom. The molecule has 0 aromatic heterocycles. The highest BCUT2D eigenvalue weighted by Gasteiger charge is 2.34. The average molecular weight is 280 g/mol. The lowest BCUT2D eigenvalue weighted by molar-refractivity contribution is 0.0456. The molecule has 1 N–H and O–H groups in total. The normalized spacial score (nSPS) is 29.7. The summed E-state index contributed by atoms with van der Waals surface area (Å²) < 4.78 is 0. The fourth-order valence-electron chi connectivity index (χ4n) is 3.85. The second kappa shape index (κ2) is 6.79. The third-order valence-electron chi connectivity index (χ3n) is 4.87. The molecule has 2 aliphatic rings. The molecule has 0 radical (unpaired) electrons. The van der Waals surface area contributed by atoms with Crippen molar-refractivity contribution in [2.24, 2.45) is 17.3 Å². The predicted molar refractivity (Wildman–Crippen MR) is 88.0 cm³/mol. The molecule has 2 atom stereocenters. The summed E-state index contributed by atoms with van der Waals surface area (Å²) in [4.78, 5) is 2.81. The highest BCUT2D eigenvalue weighted by Crippen LogP contribution is 2.34. The van der Waals surface area contributed by atoms with Crippen molar-refractivity contribution in [2.45, 2.75) is 78.8 Å². The minimum absolute atomic E-state index is 0.468. The second-order valence-electron chi connectivity index (χ2n) is 8.90. The molecule has 0 spiro atoms. The van der Waals surface area contributed by atoms with E-state index in [1.54, 1.807) is 0 Å². The van der Waals surface area contributed by atoms with Gasteiger partial charge in [-0.15, -0.1) is 0 Å². The van der Waals surface area contributed by atoms with E-state index in [1.165, 1.54) is 51.7 Å². The molecule has 0 aromatic rings. The summed E-state index contributed by atoms with van der Waals surface area (Å²) in [7, 11) is 0. The van der Waals surface area contributed by atoms with Gasteiger partial charge in [-0.3, -0.25) is 4.90 Å². The Kier molecular flexibility index (Phi) is 5.53. The standard InChI is InChI=1S/C18H36N2/c1-14(2)11-19-16-9-15(10-18(3,4)5)12-20(13-16)17-7-6-8-17/h14-17,19H,6-13H2,1-5H3. The zero-order valence-corrected chi connectivity index (χ0v) is 14.4. The van der Waals surface area contributed by atoms with Gasteiger partial charge >= 0.3 is 0 Å². The first-order chi connectivity index (χ1) is 9.33. The largest absolute Gasteiger partial charge is 0.312 e. The molecule has 118 valence electrons. The van der Waals surface area contributed by atoms with Crippen LogP contribution in [0.15, 0.2) is 0 Å². The van der Waals surface area contributed by atoms with Crippen LogP contribution in [-0.2, 0) is 0 Å². The molecule has 0 aromatic carbocycles. The van der Waals surface area contributed by atoms with Crippen molar-refractivity contribution in [3.05, 3.63) is 0 Å². The zero-order valence-electron chi connectivity index (χ0n) is 14.4. The Morgan fingerprint density at radius 3 is 2.35 bits per heavy atom. The maximum absolute atomic E-state index is 3.83. The van der Waals surface area contributed by atoms with Crippen molar-refractivity contribution in [2.75, 3.05) is 19.6 Å². The van der Waals surface area contributed by atoms with Crippen LogP contribution in [0.5, 0.6) is 0 Å². The number of hydrogen-bond donors (Lipinski definition) is 1. The Morgan fingerprint density at radius 1 is 1.15 bits per heavy atom. The van der Waals surface area contributed by atoms with Crippen molar-refractivity contribution >= 4 is 0 Å². The van der Waals surface area contributed by atoms with Crippen molar-refractivity contribution < 1.29 is 0 Å². The quantitative estimate of drug-likeness (QED) is 0.821.